The summed E-state index contributed by atoms with van der Waals surface area (Å²) in [7, 11) is 0. The van der Waals surface area contributed by atoms with Crippen molar-refractivity contribution in [3.05, 3.63) is 37.9 Å². The lowest BCUT2D eigenvalue weighted by atomic mass is 10.3. The Kier molecular flexibility index (Phi) is 3.35. The molecule has 1 aromatic carbocycles. The van der Waals surface area contributed by atoms with Crippen LogP contribution in [0.25, 0.3) is 5.69 Å². The number of benzene rings is 1. The van der Waals surface area contributed by atoms with Gasteiger partial charge < -0.3 is 5.73 Å². The Hall–Kier alpha value is -0.420. The SMILES string of the molecule is Nc1c(Br)cnn1-c1c(Cl)ccc(Cl)c1Cl. The number of halogens is 4. The van der Waals surface area contributed by atoms with E-state index in [1.54, 1.807) is 18.3 Å². The molecule has 2 rings (SSSR count). The predicted molar refractivity (Wildman–Crippen MR) is 70.7 cm³/mol. The minimum atomic E-state index is 0.316. The average molecular weight is 341 g/mol. The Morgan fingerprint density at radius 1 is 1.19 bits per heavy atom. The molecule has 0 amide bonds. The summed E-state index contributed by atoms with van der Waals surface area (Å²) < 4.78 is 2.10. The van der Waals surface area contributed by atoms with Gasteiger partial charge >= 0.3 is 0 Å². The van der Waals surface area contributed by atoms with Crippen molar-refractivity contribution >= 4 is 56.6 Å². The molecule has 0 saturated carbocycles. The second kappa shape index (κ2) is 4.45. The van der Waals surface area contributed by atoms with Crippen molar-refractivity contribution in [2.45, 2.75) is 0 Å². The van der Waals surface area contributed by atoms with E-state index in [0.29, 0.717) is 31.0 Å². The minimum Gasteiger partial charge on any atom is -0.383 e. The number of hydrogen-bond donors (Lipinski definition) is 1. The topological polar surface area (TPSA) is 43.8 Å². The van der Waals surface area contributed by atoms with Crippen LogP contribution in [0, 0.1) is 0 Å². The first-order valence-corrected chi connectivity index (χ1v) is 6.08. The summed E-state index contributed by atoms with van der Waals surface area (Å²) in [5.74, 6) is 0.408. The molecular formula is C9H5BrCl3N3. The molecular weight excluding hydrogens is 336 g/mol. The third-order valence-corrected chi connectivity index (χ3v) is 3.70. The van der Waals surface area contributed by atoms with Gasteiger partial charge in [0.25, 0.3) is 0 Å². The molecule has 3 nitrogen and oxygen atoms in total. The Balaban J connectivity index is 2.73. The summed E-state index contributed by atoms with van der Waals surface area (Å²) >= 11 is 21.3. The van der Waals surface area contributed by atoms with E-state index in [1.807, 2.05) is 0 Å². The highest BCUT2D eigenvalue weighted by atomic mass is 79.9. The second-order valence-corrected chi connectivity index (χ2v) is 5.03. The minimum absolute atomic E-state index is 0.316. The number of anilines is 1. The molecule has 0 saturated heterocycles. The van der Waals surface area contributed by atoms with Crippen LogP contribution in [0.3, 0.4) is 0 Å². The number of hydrogen-bond acceptors (Lipinski definition) is 2. The standard InChI is InChI=1S/C9H5BrCl3N3/c10-4-3-15-16(9(4)14)8-6(12)2-1-5(11)7(8)13/h1-3H,14H2. The molecule has 7 heteroatoms. The Morgan fingerprint density at radius 3 is 2.38 bits per heavy atom. The molecule has 0 aliphatic heterocycles. The van der Waals surface area contributed by atoms with Gasteiger partial charge in [0.05, 0.1) is 25.7 Å². The molecule has 2 aromatic rings. The Bertz CT molecular complexity index is 553. The third-order valence-electron chi connectivity index (χ3n) is 1.99. The van der Waals surface area contributed by atoms with E-state index < -0.39 is 0 Å². The summed E-state index contributed by atoms with van der Waals surface area (Å²) in [6, 6.07) is 3.25. The normalized spacial score (nSPS) is 10.8. The molecule has 0 bridgehead atoms. The molecule has 84 valence electrons. The summed E-state index contributed by atoms with van der Waals surface area (Å²) in [6.45, 7) is 0. The molecule has 0 aliphatic rings. The first-order chi connectivity index (χ1) is 7.52. The molecule has 0 aliphatic carbocycles. The monoisotopic (exact) mass is 339 g/mol. The van der Waals surface area contributed by atoms with E-state index in [4.69, 9.17) is 40.5 Å². The highest BCUT2D eigenvalue weighted by molar-refractivity contribution is 9.10. The molecule has 0 atom stereocenters. The summed E-state index contributed by atoms with van der Waals surface area (Å²) in [4.78, 5) is 0. The van der Waals surface area contributed by atoms with Gasteiger partial charge in [0.15, 0.2) is 0 Å². The number of nitrogens with two attached hydrogens (primary N) is 1. The van der Waals surface area contributed by atoms with Gasteiger partial charge in [-0.3, -0.25) is 0 Å². The van der Waals surface area contributed by atoms with Crippen molar-refractivity contribution in [2.24, 2.45) is 0 Å². The van der Waals surface area contributed by atoms with E-state index in [-0.39, 0.29) is 0 Å². The van der Waals surface area contributed by atoms with Gasteiger partial charge in [-0.15, -0.1) is 0 Å². The van der Waals surface area contributed by atoms with Crippen LogP contribution in [0.15, 0.2) is 22.8 Å². The molecule has 2 N–H and O–H groups in total. The molecule has 0 unspecified atom stereocenters. The number of nitrogen functional groups attached to an aromatic ring is 1. The maximum atomic E-state index is 6.07. The van der Waals surface area contributed by atoms with E-state index in [1.165, 1.54) is 4.68 Å². The zero-order valence-corrected chi connectivity index (χ0v) is 11.6. The predicted octanol–water partition coefficient (Wildman–Crippen LogP) is 4.18. The number of rotatable bonds is 1. The van der Waals surface area contributed by atoms with Crippen LogP contribution in [0.5, 0.6) is 0 Å². The summed E-state index contributed by atoms with van der Waals surface area (Å²) in [5, 5.41) is 5.20. The second-order valence-electron chi connectivity index (χ2n) is 2.98. The van der Waals surface area contributed by atoms with Crippen molar-refractivity contribution < 1.29 is 0 Å². The van der Waals surface area contributed by atoms with E-state index in [0.717, 1.165) is 0 Å². The van der Waals surface area contributed by atoms with Crippen LogP contribution in [-0.2, 0) is 0 Å². The van der Waals surface area contributed by atoms with Gasteiger partial charge in [-0.05, 0) is 28.1 Å². The highest BCUT2D eigenvalue weighted by Crippen LogP contribution is 2.36. The van der Waals surface area contributed by atoms with Crippen LogP contribution >= 0.6 is 50.7 Å². The number of aromatic nitrogens is 2. The highest BCUT2D eigenvalue weighted by Gasteiger charge is 2.15. The average Bonchev–Trinajstić information content (AvgIpc) is 2.56. The van der Waals surface area contributed by atoms with Gasteiger partial charge in [-0.2, -0.15) is 5.10 Å². The van der Waals surface area contributed by atoms with Gasteiger partial charge in [0.2, 0.25) is 0 Å². The Labute approximate surface area is 115 Å². The zero-order valence-electron chi connectivity index (χ0n) is 7.72. The van der Waals surface area contributed by atoms with Crippen LogP contribution in [0.4, 0.5) is 5.82 Å². The fourth-order valence-electron chi connectivity index (χ4n) is 1.23. The van der Waals surface area contributed by atoms with Gasteiger partial charge in [0.1, 0.15) is 11.5 Å². The smallest absolute Gasteiger partial charge is 0.141 e. The maximum Gasteiger partial charge on any atom is 0.141 e. The first-order valence-electron chi connectivity index (χ1n) is 4.15. The zero-order chi connectivity index (χ0) is 11.9. The summed E-state index contributed by atoms with van der Waals surface area (Å²) in [6.07, 6.45) is 1.56. The van der Waals surface area contributed by atoms with E-state index in [2.05, 4.69) is 21.0 Å². The molecule has 1 aromatic heterocycles. The van der Waals surface area contributed by atoms with Crippen molar-refractivity contribution in [2.75, 3.05) is 5.73 Å². The lowest BCUT2D eigenvalue weighted by Gasteiger charge is -2.09. The largest absolute Gasteiger partial charge is 0.383 e. The van der Waals surface area contributed by atoms with Crippen LogP contribution in [-0.4, -0.2) is 9.78 Å². The van der Waals surface area contributed by atoms with Crippen molar-refractivity contribution in [1.82, 2.24) is 9.78 Å². The Morgan fingerprint density at radius 2 is 1.81 bits per heavy atom. The van der Waals surface area contributed by atoms with Crippen molar-refractivity contribution in [1.29, 1.82) is 0 Å². The molecule has 0 fully saturated rings. The fraction of sp³-hybridized carbons (Fsp3) is 0. The van der Waals surface area contributed by atoms with Gasteiger partial charge in [-0.25, -0.2) is 4.68 Å². The molecule has 1 heterocycles. The summed E-state index contributed by atoms with van der Waals surface area (Å²) in [5.41, 5.74) is 6.29. The van der Waals surface area contributed by atoms with Crippen molar-refractivity contribution in [3.63, 3.8) is 0 Å². The van der Waals surface area contributed by atoms with Crippen LogP contribution in [0.2, 0.25) is 15.1 Å². The maximum absolute atomic E-state index is 6.07. The molecule has 0 radical (unpaired) electrons. The lowest BCUT2D eigenvalue weighted by molar-refractivity contribution is 0.891. The quantitative estimate of drug-likeness (QED) is 0.791. The van der Waals surface area contributed by atoms with Gasteiger partial charge in [-0.1, -0.05) is 34.8 Å². The van der Waals surface area contributed by atoms with E-state index >= 15 is 0 Å². The first kappa shape index (κ1) is 12.0. The van der Waals surface area contributed by atoms with Crippen molar-refractivity contribution in [3.8, 4) is 5.69 Å². The fourth-order valence-corrected chi connectivity index (χ4v) is 2.17. The lowest BCUT2D eigenvalue weighted by Crippen LogP contribution is -2.03. The van der Waals surface area contributed by atoms with Gasteiger partial charge in [0, 0.05) is 0 Å². The van der Waals surface area contributed by atoms with E-state index in [9.17, 15) is 0 Å². The molecule has 0 spiro atoms. The molecule has 16 heavy (non-hydrogen) atoms. The number of nitrogens with zero attached hydrogens (tertiary/aromatic N) is 2. The third kappa shape index (κ3) is 1.91. The van der Waals surface area contributed by atoms with Crippen LogP contribution < -0.4 is 5.73 Å². The van der Waals surface area contributed by atoms with Crippen LogP contribution in [0.1, 0.15) is 0 Å².